The molecule has 3 N–H and O–H groups in total. The zero-order valence-corrected chi connectivity index (χ0v) is 15.3. The van der Waals surface area contributed by atoms with Gasteiger partial charge in [0.25, 0.3) is 5.91 Å². The maximum atomic E-state index is 12.5. The number of benzene rings is 1. The molecule has 1 aliphatic carbocycles. The molecule has 2 aromatic rings. The van der Waals surface area contributed by atoms with Gasteiger partial charge in [0.05, 0.1) is 12.7 Å². The van der Waals surface area contributed by atoms with E-state index in [4.69, 9.17) is 9.84 Å². The summed E-state index contributed by atoms with van der Waals surface area (Å²) in [5.74, 6) is -0.710. The number of aryl methyl sites for hydroxylation is 1. The van der Waals surface area contributed by atoms with Crippen LogP contribution in [0.15, 0.2) is 18.2 Å². The fourth-order valence-electron chi connectivity index (χ4n) is 3.48. The minimum Gasteiger partial charge on any atom is -0.496 e. The molecule has 1 aromatic carbocycles. The van der Waals surface area contributed by atoms with E-state index in [1.165, 1.54) is 19.2 Å². The van der Waals surface area contributed by atoms with Crippen molar-refractivity contribution < 1.29 is 24.2 Å². The highest BCUT2D eigenvalue weighted by Crippen LogP contribution is 2.26. The quantitative estimate of drug-likeness (QED) is 0.724. The second-order valence-corrected chi connectivity index (χ2v) is 6.59. The monoisotopic (exact) mass is 370 g/mol. The maximum Gasteiger partial charge on any atom is 0.335 e. The van der Waals surface area contributed by atoms with Gasteiger partial charge in [-0.1, -0.05) is 6.07 Å². The third-order valence-corrected chi connectivity index (χ3v) is 4.88. The zero-order valence-electron chi connectivity index (χ0n) is 15.3. The van der Waals surface area contributed by atoms with Gasteiger partial charge in [-0.05, 0) is 49.4 Å². The first-order chi connectivity index (χ1) is 12.9. The van der Waals surface area contributed by atoms with Crippen LogP contribution in [0.2, 0.25) is 0 Å². The van der Waals surface area contributed by atoms with Crippen LogP contribution in [0.1, 0.15) is 60.9 Å². The number of carboxylic acid groups (broad SMARTS) is 1. The Bertz CT molecular complexity index is 913. The number of aromatic carboxylic acids is 1. The largest absolute Gasteiger partial charge is 0.496 e. The molecule has 142 valence electrons. The van der Waals surface area contributed by atoms with E-state index in [-0.39, 0.29) is 17.3 Å². The highest BCUT2D eigenvalue weighted by molar-refractivity contribution is 6.04. The Balaban J connectivity index is 1.67. The van der Waals surface area contributed by atoms with Crippen LogP contribution >= 0.6 is 0 Å². The van der Waals surface area contributed by atoms with Crippen LogP contribution < -0.4 is 10.1 Å². The van der Waals surface area contributed by atoms with E-state index in [1.807, 2.05) is 0 Å². The number of hydrogen-bond donors (Lipinski definition) is 3. The van der Waals surface area contributed by atoms with E-state index in [2.05, 4.69) is 10.3 Å². The molecular weight excluding hydrogens is 348 g/mol. The fourth-order valence-corrected chi connectivity index (χ4v) is 3.48. The van der Waals surface area contributed by atoms with Crippen molar-refractivity contribution in [2.24, 2.45) is 0 Å². The number of methoxy groups -OCH3 is 1. The normalized spacial score (nSPS) is 13.2. The number of amides is 1. The number of carboxylic acids is 1. The second-order valence-electron chi connectivity index (χ2n) is 6.59. The number of fused-ring (bicyclic) bond motifs is 1. The zero-order chi connectivity index (χ0) is 19.6. The van der Waals surface area contributed by atoms with Crippen molar-refractivity contribution in [3.05, 3.63) is 51.8 Å². The number of ketones is 1. The van der Waals surface area contributed by atoms with Gasteiger partial charge in [0.15, 0.2) is 5.78 Å². The highest BCUT2D eigenvalue weighted by Gasteiger charge is 2.26. The number of rotatable bonds is 6. The molecule has 1 amide bonds. The van der Waals surface area contributed by atoms with Crippen LogP contribution in [-0.2, 0) is 12.8 Å². The molecule has 0 unspecified atom stereocenters. The number of ether oxygens (including phenoxy) is 1. The van der Waals surface area contributed by atoms with Crippen LogP contribution in [0.3, 0.4) is 0 Å². The lowest BCUT2D eigenvalue weighted by molar-refractivity contribution is 0.0696. The first-order valence-corrected chi connectivity index (χ1v) is 8.85. The molecule has 0 fully saturated rings. The number of aromatic amines is 1. The molecule has 0 bridgehead atoms. The molecule has 3 rings (SSSR count). The first-order valence-electron chi connectivity index (χ1n) is 8.85. The van der Waals surface area contributed by atoms with Gasteiger partial charge in [-0.3, -0.25) is 9.59 Å². The summed E-state index contributed by atoms with van der Waals surface area (Å²) < 4.78 is 5.24. The van der Waals surface area contributed by atoms with Gasteiger partial charge in [-0.2, -0.15) is 0 Å². The molecule has 7 heteroatoms. The Hall–Kier alpha value is -3.09. The number of Topliss-reactive ketones (excluding diaryl/α,β-unsaturated/α-hetero) is 1. The van der Waals surface area contributed by atoms with Crippen LogP contribution in [0.25, 0.3) is 0 Å². The molecule has 0 saturated heterocycles. The van der Waals surface area contributed by atoms with Crippen LogP contribution in [0, 0.1) is 6.92 Å². The third-order valence-electron chi connectivity index (χ3n) is 4.88. The molecule has 0 atom stereocenters. The van der Waals surface area contributed by atoms with Gasteiger partial charge in [-0.25, -0.2) is 4.79 Å². The van der Waals surface area contributed by atoms with Crippen molar-refractivity contribution in [1.29, 1.82) is 0 Å². The van der Waals surface area contributed by atoms with Crippen molar-refractivity contribution in [3.8, 4) is 5.75 Å². The molecule has 1 aliphatic rings. The molecule has 7 nitrogen and oxygen atoms in total. The van der Waals surface area contributed by atoms with Crippen LogP contribution in [-0.4, -0.2) is 41.4 Å². The molecule has 0 spiro atoms. The highest BCUT2D eigenvalue weighted by atomic mass is 16.5. The van der Waals surface area contributed by atoms with E-state index in [9.17, 15) is 14.4 Å². The van der Waals surface area contributed by atoms with Gasteiger partial charge in [0, 0.05) is 24.2 Å². The first kappa shape index (κ1) is 18.7. The Morgan fingerprint density at radius 3 is 2.74 bits per heavy atom. The number of carbonyl (C=O) groups is 3. The standard InChI is InChI=1S/C20H22N2O5/c1-11-17-14(4-3-5-15(17)23)22-18(11)19(24)21-9-8-12-6-7-13(20(25)26)10-16(12)27-2/h6-7,10,22H,3-5,8-9H2,1-2H3,(H,21,24)(H,25,26). The van der Waals surface area contributed by atoms with Crippen molar-refractivity contribution in [3.63, 3.8) is 0 Å². The minimum absolute atomic E-state index is 0.0901. The summed E-state index contributed by atoms with van der Waals surface area (Å²) >= 11 is 0. The molecule has 1 heterocycles. The summed E-state index contributed by atoms with van der Waals surface area (Å²) in [6.45, 7) is 2.15. The van der Waals surface area contributed by atoms with E-state index in [0.717, 1.165) is 24.1 Å². The van der Waals surface area contributed by atoms with Crippen molar-refractivity contribution >= 4 is 17.7 Å². The lowest BCUT2D eigenvalue weighted by Crippen LogP contribution is -2.26. The number of carbonyl (C=O) groups excluding carboxylic acids is 2. The minimum atomic E-state index is -1.02. The Labute approximate surface area is 156 Å². The van der Waals surface area contributed by atoms with E-state index < -0.39 is 5.97 Å². The van der Waals surface area contributed by atoms with E-state index in [1.54, 1.807) is 13.0 Å². The molecule has 27 heavy (non-hydrogen) atoms. The summed E-state index contributed by atoms with van der Waals surface area (Å²) in [5.41, 5.74) is 3.61. The lowest BCUT2D eigenvalue weighted by Gasteiger charge is -2.10. The summed E-state index contributed by atoms with van der Waals surface area (Å²) in [6.07, 6.45) is 2.60. The van der Waals surface area contributed by atoms with Crippen molar-refractivity contribution in [1.82, 2.24) is 10.3 Å². The van der Waals surface area contributed by atoms with Gasteiger partial charge < -0.3 is 20.1 Å². The Morgan fingerprint density at radius 1 is 1.30 bits per heavy atom. The Morgan fingerprint density at radius 2 is 2.07 bits per heavy atom. The van der Waals surface area contributed by atoms with Crippen molar-refractivity contribution in [2.75, 3.05) is 13.7 Å². The SMILES string of the molecule is COc1cc(C(=O)O)ccc1CCNC(=O)c1[nH]c2c(c1C)C(=O)CCC2. The summed E-state index contributed by atoms with van der Waals surface area (Å²) in [5, 5.41) is 11.9. The van der Waals surface area contributed by atoms with Crippen LogP contribution in [0.5, 0.6) is 5.75 Å². The van der Waals surface area contributed by atoms with Gasteiger partial charge in [0.1, 0.15) is 11.4 Å². The summed E-state index contributed by atoms with van der Waals surface area (Å²) in [4.78, 5) is 38.7. The van der Waals surface area contributed by atoms with Crippen molar-refractivity contribution in [2.45, 2.75) is 32.6 Å². The average molecular weight is 370 g/mol. The predicted octanol–water partition coefficient (Wildman–Crippen LogP) is 2.52. The number of aromatic nitrogens is 1. The molecule has 0 saturated carbocycles. The summed E-state index contributed by atoms with van der Waals surface area (Å²) in [6, 6.07) is 4.66. The average Bonchev–Trinajstić information content (AvgIpc) is 2.99. The molecular formula is C20H22N2O5. The number of hydrogen-bond acceptors (Lipinski definition) is 4. The smallest absolute Gasteiger partial charge is 0.335 e. The van der Waals surface area contributed by atoms with Crippen LogP contribution in [0.4, 0.5) is 0 Å². The van der Waals surface area contributed by atoms with Gasteiger partial charge in [0.2, 0.25) is 0 Å². The molecule has 1 aromatic heterocycles. The Kier molecular flexibility index (Phi) is 5.30. The summed E-state index contributed by atoms with van der Waals surface area (Å²) in [7, 11) is 1.48. The molecule has 0 aliphatic heterocycles. The maximum absolute atomic E-state index is 12.5. The number of nitrogens with one attached hydrogen (secondary N) is 2. The fraction of sp³-hybridized carbons (Fsp3) is 0.350. The number of H-pyrrole nitrogens is 1. The van der Waals surface area contributed by atoms with Gasteiger partial charge in [-0.15, -0.1) is 0 Å². The topological polar surface area (TPSA) is 108 Å². The van der Waals surface area contributed by atoms with Gasteiger partial charge >= 0.3 is 5.97 Å². The lowest BCUT2D eigenvalue weighted by atomic mass is 9.94. The predicted molar refractivity (Wildman–Crippen MR) is 98.8 cm³/mol. The van der Waals surface area contributed by atoms with E-state index in [0.29, 0.717) is 42.0 Å². The molecule has 0 radical (unpaired) electrons. The van der Waals surface area contributed by atoms with E-state index >= 15 is 0 Å². The third kappa shape index (κ3) is 3.72. The second kappa shape index (κ2) is 7.65.